The molecule has 2 aromatic carbocycles. The van der Waals surface area contributed by atoms with E-state index in [0.29, 0.717) is 5.92 Å². The minimum Gasteiger partial charge on any atom is -0.342 e. The fourth-order valence-electron chi connectivity index (χ4n) is 4.15. The Kier molecular flexibility index (Phi) is 4.17. The van der Waals surface area contributed by atoms with Crippen LogP contribution in [0.15, 0.2) is 30.3 Å². The summed E-state index contributed by atoms with van der Waals surface area (Å²) in [5.41, 5.74) is 9.84. The summed E-state index contributed by atoms with van der Waals surface area (Å²) in [6.07, 6.45) is 4.25. The van der Waals surface area contributed by atoms with Crippen molar-refractivity contribution >= 4 is 11.0 Å². The van der Waals surface area contributed by atoms with Gasteiger partial charge in [0.05, 0.1) is 11.0 Å². The fraction of sp³-hybridized carbons (Fsp3) is 0.458. The van der Waals surface area contributed by atoms with Gasteiger partial charge < -0.3 is 4.98 Å². The summed E-state index contributed by atoms with van der Waals surface area (Å²) in [7, 11) is 0. The molecule has 7 rings (SSSR count). The van der Waals surface area contributed by atoms with Crippen LogP contribution < -0.4 is 0 Å². The van der Waals surface area contributed by atoms with E-state index in [2.05, 4.69) is 69.9 Å². The highest BCUT2D eigenvalue weighted by Gasteiger charge is 2.20. The van der Waals surface area contributed by atoms with Gasteiger partial charge in [0.25, 0.3) is 0 Å². The summed E-state index contributed by atoms with van der Waals surface area (Å²) >= 11 is 0. The van der Waals surface area contributed by atoms with Crippen LogP contribution in [0, 0.1) is 0 Å². The summed E-state index contributed by atoms with van der Waals surface area (Å²) < 4.78 is 0. The van der Waals surface area contributed by atoms with Crippen LogP contribution in [-0.4, -0.2) is 9.97 Å². The molecule has 136 valence electrons. The molecule has 0 atom stereocenters. The molecular formula is C24H30N2. The number of H-pyrrole nitrogens is 1. The second-order valence-electron chi connectivity index (χ2n) is 9.13. The first kappa shape index (κ1) is 17.3. The molecule has 1 aromatic heterocycles. The number of hydrogen-bond donors (Lipinski definition) is 1. The Morgan fingerprint density at radius 3 is 2.27 bits per heavy atom. The van der Waals surface area contributed by atoms with Crippen LogP contribution in [-0.2, 0) is 31.1 Å². The van der Waals surface area contributed by atoms with E-state index in [1.807, 2.05) is 0 Å². The van der Waals surface area contributed by atoms with Crippen molar-refractivity contribution < 1.29 is 0 Å². The monoisotopic (exact) mass is 346 g/mol. The molecule has 2 nitrogen and oxygen atoms in total. The zero-order valence-corrected chi connectivity index (χ0v) is 16.7. The molecule has 4 bridgehead atoms. The van der Waals surface area contributed by atoms with Crippen molar-refractivity contribution in [1.82, 2.24) is 9.97 Å². The molecule has 0 unspecified atom stereocenters. The van der Waals surface area contributed by atoms with E-state index in [4.69, 9.17) is 4.98 Å². The fourth-order valence-corrected chi connectivity index (χ4v) is 4.15. The molecule has 3 aromatic rings. The number of hydrogen-bond acceptors (Lipinski definition) is 1. The van der Waals surface area contributed by atoms with Crippen molar-refractivity contribution in [3.8, 4) is 0 Å². The van der Waals surface area contributed by atoms with Gasteiger partial charge in [-0.1, -0.05) is 65.0 Å². The predicted molar refractivity (Wildman–Crippen MR) is 110 cm³/mol. The lowest BCUT2D eigenvalue weighted by molar-refractivity contribution is 0.580. The zero-order chi connectivity index (χ0) is 18.5. The van der Waals surface area contributed by atoms with Gasteiger partial charge in [-0.3, -0.25) is 0 Å². The smallest absolute Gasteiger partial charge is 0.109 e. The highest BCUT2D eigenvalue weighted by molar-refractivity contribution is 5.82. The third-order valence-electron chi connectivity index (χ3n) is 5.71. The van der Waals surface area contributed by atoms with E-state index in [1.54, 1.807) is 0 Å². The number of rotatable bonds is 1. The molecule has 26 heavy (non-hydrogen) atoms. The van der Waals surface area contributed by atoms with Crippen LogP contribution >= 0.6 is 0 Å². The van der Waals surface area contributed by atoms with Gasteiger partial charge in [0.2, 0.25) is 0 Å². The van der Waals surface area contributed by atoms with Gasteiger partial charge in [-0.15, -0.1) is 0 Å². The normalized spacial score (nSPS) is 14.8. The lowest BCUT2D eigenvalue weighted by atomic mass is 9.80. The molecule has 2 heteroatoms. The van der Waals surface area contributed by atoms with Gasteiger partial charge in [-0.2, -0.15) is 0 Å². The largest absolute Gasteiger partial charge is 0.342 e. The minimum absolute atomic E-state index is 0.185. The number of aryl methyl sites for hydroxylation is 4. The molecule has 1 heterocycles. The second kappa shape index (κ2) is 6.26. The summed E-state index contributed by atoms with van der Waals surface area (Å²) in [4.78, 5) is 8.60. The Morgan fingerprint density at radius 1 is 0.885 bits per heavy atom. The average Bonchev–Trinajstić information content (AvgIpc) is 3.02. The SMILES string of the molecule is CC(C)c1nc2c3ccc(c2[nH]1)CCc1ccc(c(C(C)(C)C)c1)CC3. The van der Waals surface area contributed by atoms with Crippen molar-refractivity contribution in [2.24, 2.45) is 0 Å². The van der Waals surface area contributed by atoms with E-state index in [9.17, 15) is 0 Å². The molecule has 0 saturated heterocycles. The maximum Gasteiger partial charge on any atom is 0.109 e. The van der Waals surface area contributed by atoms with Crippen LogP contribution in [0.2, 0.25) is 0 Å². The second-order valence-corrected chi connectivity index (χ2v) is 9.13. The van der Waals surface area contributed by atoms with Crippen LogP contribution in [0.5, 0.6) is 0 Å². The minimum atomic E-state index is 0.185. The number of benzene rings is 2. The first-order valence-electron chi connectivity index (χ1n) is 9.95. The topological polar surface area (TPSA) is 28.7 Å². The van der Waals surface area contributed by atoms with E-state index in [0.717, 1.165) is 31.5 Å². The highest BCUT2D eigenvalue weighted by atomic mass is 14.9. The summed E-state index contributed by atoms with van der Waals surface area (Å²) in [5, 5.41) is 0. The summed E-state index contributed by atoms with van der Waals surface area (Å²) in [5.74, 6) is 1.54. The number of aromatic amines is 1. The van der Waals surface area contributed by atoms with Gasteiger partial charge in [0.1, 0.15) is 5.82 Å². The van der Waals surface area contributed by atoms with Gasteiger partial charge in [-0.05, 0) is 58.9 Å². The third kappa shape index (κ3) is 3.06. The Bertz CT molecular complexity index is 954. The average molecular weight is 347 g/mol. The van der Waals surface area contributed by atoms with E-state index >= 15 is 0 Å². The zero-order valence-electron chi connectivity index (χ0n) is 16.7. The maximum atomic E-state index is 4.98. The Hall–Kier alpha value is -2.09. The molecule has 0 radical (unpaired) electrons. The molecule has 1 N–H and O–H groups in total. The van der Waals surface area contributed by atoms with Crippen molar-refractivity contribution in [2.75, 3.05) is 0 Å². The highest BCUT2D eigenvalue weighted by Crippen LogP contribution is 2.31. The molecule has 0 amide bonds. The lowest BCUT2D eigenvalue weighted by Gasteiger charge is -2.25. The Labute approximate surface area is 157 Å². The molecule has 0 aliphatic heterocycles. The van der Waals surface area contributed by atoms with Gasteiger partial charge >= 0.3 is 0 Å². The van der Waals surface area contributed by atoms with E-state index in [1.165, 1.54) is 38.9 Å². The molecule has 0 fully saturated rings. The van der Waals surface area contributed by atoms with Gasteiger partial charge in [0, 0.05) is 5.92 Å². The summed E-state index contributed by atoms with van der Waals surface area (Å²) in [6.45, 7) is 11.4. The molecule has 4 aliphatic rings. The Balaban J connectivity index is 1.85. The molecule has 4 aliphatic carbocycles. The van der Waals surface area contributed by atoms with Crippen LogP contribution in [0.3, 0.4) is 0 Å². The van der Waals surface area contributed by atoms with Gasteiger partial charge in [0.15, 0.2) is 0 Å². The molecule has 0 spiro atoms. The first-order valence-corrected chi connectivity index (χ1v) is 9.95. The lowest BCUT2D eigenvalue weighted by Crippen LogP contribution is -2.16. The van der Waals surface area contributed by atoms with E-state index < -0.39 is 0 Å². The van der Waals surface area contributed by atoms with Gasteiger partial charge in [-0.25, -0.2) is 4.98 Å². The maximum absolute atomic E-state index is 4.98. The van der Waals surface area contributed by atoms with Crippen LogP contribution in [0.4, 0.5) is 0 Å². The number of aromatic nitrogens is 2. The van der Waals surface area contributed by atoms with Crippen molar-refractivity contribution in [3.63, 3.8) is 0 Å². The quantitative estimate of drug-likeness (QED) is 0.587. The molecular weight excluding hydrogens is 316 g/mol. The number of nitrogens with zero attached hydrogens (tertiary/aromatic N) is 1. The van der Waals surface area contributed by atoms with Crippen molar-refractivity contribution in [2.45, 2.75) is 71.6 Å². The van der Waals surface area contributed by atoms with Crippen LogP contribution in [0.25, 0.3) is 11.0 Å². The molecule has 0 saturated carbocycles. The van der Waals surface area contributed by atoms with Crippen LogP contribution in [0.1, 0.15) is 74.2 Å². The Morgan fingerprint density at radius 2 is 1.54 bits per heavy atom. The van der Waals surface area contributed by atoms with Crippen molar-refractivity contribution in [1.29, 1.82) is 0 Å². The number of nitrogens with one attached hydrogen (secondary N) is 1. The summed E-state index contributed by atoms with van der Waals surface area (Å²) in [6, 6.07) is 11.8. The standard InChI is InChI=1S/C24H30N2/c1-15(2)23-25-21-18-9-7-16-6-8-17(20(14-16)24(3,4)5)10-11-19(13-12-18)22(21)26-23/h6,8,12-15H,7,9-11H2,1-5H3,(H,25,26). The predicted octanol–water partition coefficient (Wildman–Crippen LogP) is 5.87. The number of imidazole rings is 1. The first-order chi connectivity index (χ1) is 12.3. The van der Waals surface area contributed by atoms with Crippen molar-refractivity contribution in [3.05, 3.63) is 64.0 Å². The third-order valence-corrected chi connectivity index (χ3v) is 5.71. The van der Waals surface area contributed by atoms with E-state index in [-0.39, 0.29) is 5.41 Å².